The van der Waals surface area contributed by atoms with E-state index in [0.717, 1.165) is 62.6 Å². The molecule has 0 amide bonds. The number of aromatic nitrogens is 2. The van der Waals surface area contributed by atoms with Crippen molar-refractivity contribution in [2.24, 2.45) is 0 Å². The third-order valence-corrected chi connectivity index (χ3v) is 5.43. The van der Waals surface area contributed by atoms with Crippen LogP contribution in [0.3, 0.4) is 0 Å². The highest BCUT2D eigenvalue weighted by atomic mass is 32.1. The van der Waals surface area contributed by atoms with E-state index in [4.69, 9.17) is 10.5 Å². The summed E-state index contributed by atoms with van der Waals surface area (Å²) in [6.07, 6.45) is 6.51. The summed E-state index contributed by atoms with van der Waals surface area (Å²) in [4.78, 5) is 11.4. The standard InChI is InChI=1S/C17H23N5OS/c18-17-21-14(11-24-17)15-2-1-9-22(15)16-4-3-13(10-20-16)23-12-5-7-19-8-6-12/h3-4,10-12,15,19H,1-2,5-9H2,(H2,18,21). The lowest BCUT2D eigenvalue weighted by atomic mass is 10.1. The number of hydrogen-bond donors (Lipinski definition) is 2. The van der Waals surface area contributed by atoms with Crippen molar-refractivity contribution in [2.75, 3.05) is 30.3 Å². The SMILES string of the molecule is Nc1nc(C2CCCN2c2ccc(OC3CCNCC3)cn2)cs1. The van der Waals surface area contributed by atoms with Crippen molar-refractivity contribution in [3.8, 4) is 5.75 Å². The quantitative estimate of drug-likeness (QED) is 0.887. The van der Waals surface area contributed by atoms with Crippen LogP contribution in [0.15, 0.2) is 23.7 Å². The molecule has 2 saturated heterocycles. The Morgan fingerprint density at radius 1 is 1.25 bits per heavy atom. The first-order valence-electron chi connectivity index (χ1n) is 8.60. The van der Waals surface area contributed by atoms with Crippen LogP contribution in [0, 0.1) is 0 Å². The maximum absolute atomic E-state index is 6.04. The Morgan fingerprint density at radius 2 is 2.12 bits per heavy atom. The zero-order chi connectivity index (χ0) is 16.4. The van der Waals surface area contributed by atoms with Crippen LogP contribution in [-0.4, -0.2) is 35.7 Å². The highest BCUT2D eigenvalue weighted by molar-refractivity contribution is 7.13. The molecule has 2 fully saturated rings. The van der Waals surface area contributed by atoms with Gasteiger partial charge >= 0.3 is 0 Å². The van der Waals surface area contributed by atoms with E-state index >= 15 is 0 Å². The fraction of sp³-hybridized carbons (Fsp3) is 0.529. The number of anilines is 2. The van der Waals surface area contributed by atoms with Crippen LogP contribution in [0.1, 0.15) is 37.4 Å². The van der Waals surface area contributed by atoms with Crippen LogP contribution in [0.2, 0.25) is 0 Å². The predicted molar refractivity (Wildman–Crippen MR) is 96.6 cm³/mol. The van der Waals surface area contributed by atoms with Gasteiger partial charge in [0.05, 0.1) is 17.9 Å². The van der Waals surface area contributed by atoms with E-state index in [-0.39, 0.29) is 6.04 Å². The average Bonchev–Trinajstić information content (AvgIpc) is 3.25. The maximum Gasteiger partial charge on any atom is 0.180 e. The predicted octanol–water partition coefficient (Wildman–Crippen LogP) is 2.59. The minimum Gasteiger partial charge on any atom is -0.489 e. The van der Waals surface area contributed by atoms with Gasteiger partial charge in [0.25, 0.3) is 0 Å². The van der Waals surface area contributed by atoms with Crippen LogP contribution in [0.5, 0.6) is 5.75 Å². The zero-order valence-electron chi connectivity index (χ0n) is 13.6. The van der Waals surface area contributed by atoms with Gasteiger partial charge in [-0.15, -0.1) is 11.3 Å². The number of piperidine rings is 1. The summed E-state index contributed by atoms with van der Waals surface area (Å²) in [6.45, 7) is 3.06. The molecule has 1 atom stereocenters. The Bertz CT molecular complexity index is 668. The summed E-state index contributed by atoms with van der Waals surface area (Å²) < 4.78 is 6.04. The normalized spacial score (nSPS) is 22.0. The van der Waals surface area contributed by atoms with Gasteiger partial charge in [-0.3, -0.25) is 0 Å². The van der Waals surface area contributed by atoms with E-state index in [1.165, 1.54) is 11.3 Å². The molecule has 4 heterocycles. The van der Waals surface area contributed by atoms with E-state index in [9.17, 15) is 0 Å². The molecule has 0 aliphatic carbocycles. The van der Waals surface area contributed by atoms with Crippen molar-refractivity contribution in [1.82, 2.24) is 15.3 Å². The molecule has 2 aliphatic rings. The molecule has 2 aliphatic heterocycles. The van der Waals surface area contributed by atoms with Crippen molar-refractivity contribution >= 4 is 22.3 Å². The van der Waals surface area contributed by atoms with Gasteiger partial charge in [-0.05, 0) is 50.9 Å². The summed E-state index contributed by atoms with van der Waals surface area (Å²) in [6, 6.07) is 4.38. The molecule has 128 valence electrons. The van der Waals surface area contributed by atoms with E-state index < -0.39 is 0 Å². The van der Waals surface area contributed by atoms with Crippen molar-refractivity contribution in [1.29, 1.82) is 0 Å². The largest absolute Gasteiger partial charge is 0.489 e. The zero-order valence-corrected chi connectivity index (χ0v) is 14.5. The van der Waals surface area contributed by atoms with Crippen LogP contribution >= 0.6 is 11.3 Å². The lowest BCUT2D eigenvalue weighted by Crippen LogP contribution is -2.34. The molecular formula is C17H23N5OS. The molecule has 3 N–H and O–H groups in total. The van der Waals surface area contributed by atoms with Gasteiger partial charge in [-0.1, -0.05) is 0 Å². The molecule has 0 bridgehead atoms. The fourth-order valence-electron chi connectivity index (χ4n) is 3.52. The van der Waals surface area contributed by atoms with Crippen molar-refractivity contribution in [2.45, 2.75) is 37.8 Å². The van der Waals surface area contributed by atoms with Gasteiger partial charge in [0.1, 0.15) is 17.7 Å². The molecule has 24 heavy (non-hydrogen) atoms. The Labute approximate surface area is 146 Å². The minimum atomic E-state index is 0.280. The molecule has 0 saturated carbocycles. The molecule has 2 aromatic heterocycles. The first-order valence-corrected chi connectivity index (χ1v) is 9.48. The summed E-state index contributed by atoms with van der Waals surface area (Å²) in [5.74, 6) is 1.85. The van der Waals surface area contributed by atoms with Gasteiger partial charge in [0.2, 0.25) is 0 Å². The summed E-state index contributed by atoms with van der Waals surface area (Å²) >= 11 is 1.50. The molecule has 0 radical (unpaired) electrons. The van der Waals surface area contributed by atoms with Crippen molar-refractivity contribution in [3.63, 3.8) is 0 Å². The molecule has 0 aromatic carbocycles. The number of nitrogens with two attached hydrogens (primary N) is 1. The lowest BCUT2D eigenvalue weighted by Gasteiger charge is -2.26. The first-order chi connectivity index (χ1) is 11.8. The number of rotatable bonds is 4. The number of pyridine rings is 1. The van der Waals surface area contributed by atoms with Gasteiger partial charge < -0.3 is 20.7 Å². The monoisotopic (exact) mass is 345 g/mol. The van der Waals surface area contributed by atoms with Crippen LogP contribution in [0.25, 0.3) is 0 Å². The molecular weight excluding hydrogens is 322 g/mol. The lowest BCUT2D eigenvalue weighted by molar-refractivity contribution is 0.162. The van der Waals surface area contributed by atoms with Gasteiger partial charge in [-0.2, -0.15) is 0 Å². The molecule has 1 unspecified atom stereocenters. The van der Waals surface area contributed by atoms with Gasteiger partial charge in [0.15, 0.2) is 5.13 Å². The Hall–Kier alpha value is -1.86. The Morgan fingerprint density at radius 3 is 2.83 bits per heavy atom. The van der Waals surface area contributed by atoms with Crippen molar-refractivity contribution < 1.29 is 4.74 Å². The van der Waals surface area contributed by atoms with Crippen molar-refractivity contribution in [3.05, 3.63) is 29.4 Å². The van der Waals surface area contributed by atoms with E-state index in [1.807, 2.05) is 12.3 Å². The first kappa shape index (κ1) is 15.7. The summed E-state index contributed by atoms with van der Waals surface area (Å²) in [5, 5.41) is 6.05. The van der Waals surface area contributed by atoms with Crippen LogP contribution < -0.4 is 20.7 Å². The van der Waals surface area contributed by atoms with E-state index in [2.05, 4.69) is 31.6 Å². The number of nitrogen functional groups attached to an aromatic ring is 1. The molecule has 4 rings (SSSR count). The third-order valence-electron chi connectivity index (χ3n) is 4.74. The summed E-state index contributed by atoms with van der Waals surface area (Å²) in [7, 11) is 0. The second-order valence-electron chi connectivity index (χ2n) is 6.38. The van der Waals surface area contributed by atoms with Crippen LogP contribution in [0.4, 0.5) is 10.9 Å². The fourth-order valence-corrected chi connectivity index (χ4v) is 4.13. The third kappa shape index (κ3) is 3.32. The highest BCUT2D eigenvalue weighted by Crippen LogP contribution is 2.36. The highest BCUT2D eigenvalue weighted by Gasteiger charge is 2.29. The smallest absolute Gasteiger partial charge is 0.180 e. The summed E-state index contributed by atoms with van der Waals surface area (Å²) in [5.41, 5.74) is 6.85. The number of hydrogen-bond acceptors (Lipinski definition) is 7. The second kappa shape index (κ2) is 6.94. The number of nitrogens with one attached hydrogen (secondary N) is 1. The topological polar surface area (TPSA) is 76.3 Å². The second-order valence-corrected chi connectivity index (χ2v) is 7.27. The van der Waals surface area contributed by atoms with Gasteiger partial charge in [0, 0.05) is 11.9 Å². The van der Waals surface area contributed by atoms with E-state index in [1.54, 1.807) is 0 Å². The number of nitrogens with zero attached hydrogens (tertiary/aromatic N) is 3. The van der Waals surface area contributed by atoms with Crippen LogP contribution in [-0.2, 0) is 0 Å². The number of thiazole rings is 1. The Balaban J connectivity index is 1.45. The number of ether oxygens (including phenoxy) is 1. The molecule has 6 nitrogen and oxygen atoms in total. The van der Waals surface area contributed by atoms with Gasteiger partial charge in [-0.25, -0.2) is 9.97 Å². The Kier molecular flexibility index (Phi) is 4.53. The molecule has 2 aromatic rings. The average molecular weight is 345 g/mol. The molecule has 7 heteroatoms. The van der Waals surface area contributed by atoms with E-state index in [0.29, 0.717) is 11.2 Å². The maximum atomic E-state index is 6.04. The molecule has 0 spiro atoms. The minimum absolute atomic E-state index is 0.280.